The van der Waals surface area contributed by atoms with Gasteiger partial charge in [0.25, 0.3) is 0 Å². The number of ether oxygens (including phenoxy) is 1. The Bertz CT molecular complexity index is 968. The maximum atomic E-state index is 14.6. The lowest BCUT2D eigenvalue weighted by molar-refractivity contribution is 0.107. The zero-order chi connectivity index (χ0) is 27.5. The van der Waals surface area contributed by atoms with Crippen molar-refractivity contribution in [2.75, 3.05) is 12.4 Å². The molecule has 3 unspecified atom stereocenters. The summed E-state index contributed by atoms with van der Waals surface area (Å²) in [4.78, 5) is 0.750. The number of halogens is 1. The van der Waals surface area contributed by atoms with E-state index in [0.717, 1.165) is 48.4 Å². The van der Waals surface area contributed by atoms with Crippen molar-refractivity contribution >= 4 is 23.3 Å². The molecule has 6 nitrogen and oxygen atoms in total. The number of nitrogens with one attached hydrogen (secondary N) is 2. The molecule has 1 aromatic carbocycles. The Balaban J connectivity index is 0.000000568. The van der Waals surface area contributed by atoms with E-state index >= 15 is 0 Å². The predicted octanol–water partition coefficient (Wildman–Crippen LogP) is 6.99. The number of benzene rings is 1. The molecule has 1 saturated carbocycles. The van der Waals surface area contributed by atoms with Crippen molar-refractivity contribution in [1.82, 2.24) is 14.6 Å². The number of methoxy groups -OCH3 is 1. The van der Waals surface area contributed by atoms with Gasteiger partial charge in [0.2, 0.25) is 0 Å². The first kappa shape index (κ1) is 29.8. The molecule has 0 amide bonds. The monoisotopic (exact) mass is 533 g/mol. The van der Waals surface area contributed by atoms with Crippen molar-refractivity contribution in [2.45, 2.75) is 122 Å². The highest BCUT2D eigenvalue weighted by atomic mass is 32.2. The Labute approximate surface area is 228 Å². The Morgan fingerprint density at radius 1 is 1.16 bits per heavy atom. The predicted molar refractivity (Wildman–Crippen MR) is 155 cm³/mol. The Kier molecular flexibility index (Phi) is 9.62. The average Bonchev–Trinajstić information content (AvgIpc) is 3.53. The van der Waals surface area contributed by atoms with E-state index < -0.39 is 0 Å². The maximum Gasteiger partial charge on any atom is 0.138 e. The van der Waals surface area contributed by atoms with Crippen LogP contribution in [0.15, 0.2) is 34.9 Å². The van der Waals surface area contributed by atoms with Gasteiger partial charge < -0.3 is 15.4 Å². The van der Waals surface area contributed by atoms with E-state index in [1.54, 1.807) is 12.3 Å². The van der Waals surface area contributed by atoms with Gasteiger partial charge >= 0.3 is 0 Å². The molecule has 1 aliphatic carbocycles. The SMILES string of the molecule is C=CNC(C)C.COC1CCC(C2=NN(C(C)(C)C)C(Nc3ccc(F)c4c3CN(C(C)(C)C)S4)C2)C1. The van der Waals surface area contributed by atoms with Crippen LogP contribution in [0.4, 0.5) is 10.1 Å². The summed E-state index contributed by atoms with van der Waals surface area (Å²) >= 11 is 1.53. The second-order valence-corrected chi connectivity index (χ2v) is 13.6. The van der Waals surface area contributed by atoms with Crippen molar-refractivity contribution in [1.29, 1.82) is 0 Å². The molecule has 4 rings (SSSR count). The van der Waals surface area contributed by atoms with E-state index in [1.807, 2.05) is 13.2 Å². The lowest BCUT2D eigenvalue weighted by Crippen LogP contribution is -2.45. The molecule has 208 valence electrons. The molecule has 8 heteroatoms. The fourth-order valence-electron chi connectivity index (χ4n) is 5.03. The molecule has 0 radical (unpaired) electrons. The third-order valence-electron chi connectivity index (χ3n) is 7.05. The minimum Gasteiger partial charge on any atom is -0.389 e. The van der Waals surface area contributed by atoms with Gasteiger partial charge in [0.15, 0.2) is 0 Å². The van der Waals surface area contributed by atoms with Gasteiger partial charge in [0.1, 0.15) is 12.0 Å². The number of hydrogen-bond acceptors (Lipinski definition) is 7. The van der Waals surface area contributed by atoms with E-state index in [2.05, 4.69) is 81.9 Å². The van der Waals surface area contributed by atoms with E-state index in [4.69, 9.17) is 9.84 Å². The minimum atomic E-state index is -0.134. The zero-order valence-electron chi connectivity index (χ0n) is 24.3. The number of hydrazone groups is 1. The summed E-state index contributed by atoms with van der Waals surface area (Å²) in [6.45, 7) is 21.5. The lowest BCUT2D eigenvalue weighted by atomic mass is 9.98. The summed E-state index contributed by atoms with van der Waals surface area (Å²) in [6, 6.07) is 4.03. The first-order valence-corrected chi connectivity index (χ1v) is 14.3. The van der Waals surface area contributed by atoms with E-state index in [0.29, 0.717) is 18.1 Å². The molecule has 0 saturated heterocycles. The molecule has 0 bridgehead atoms. The van der Waals surface area contributed by atoms with Crippen LogP contribution < -0.4 is 10.6 Å². The molecule has 2 aliphatic heterocycles. The van der Waals surface area contributed by atoms with Gasteiger partial charge in [-0.2, -0.15) is 5.10 Å². The molecule has 3 aliphatic rings. The van der Waals surface area contributed by atoms with Gasteiger partial charge in [-0.25, -0.2) is 8.70 Å². The van der Waals surface area contributed by atoms with E-state index in [9.17, 15) is 4.39 Å². The van der Waals surface area contributed by atoms with Crippen LogP contribution in [0, 0.1) is 11.7 Å². The van der Waals surface area contributed by atoms with Gasteiger partial charge in [-0.1, -0.05) is 6.58 Å². The van der Waals surface area contributed by atoms with Crippen molar-refractivity contribution in [3.63, 3.8) is 0 Å². The van der Waals surface area contributed by atoms with Crippen molar-refractivity contribution < 1.29 is 9.13 Å². The zero-order valence-corrected chi connectivity index (χ0v) is 25.1. The molecule has 2 N–H and O–H groups in total. The van der Waals surface area contributed by atoms with Crippen LogP contribution in [0.3, 0.4) is 0 Å². The summed E-state index contributed by atoms with van der Waals surface area (Å²) in [5, 5.41) is 14.0. The lowest BCUT2D eigenvalue weighted by Gasteiger charge is -2.36. The third-order valence-corrected chi connectivity index (χ3v) is 8.57. The van der Waals surface area contributed by atoms with E-state index in [1.165, 1.54) is 17.7 Å². The molecule has 0 spiro atoms. The normalized spacial score (nSPS) is 24.0. The molecular weight excluding hydrogens is 485 g/mol. The third kappa shape index (κ3) is 7.42. The Hall–Kier alpha value is -1.77. The first-order valence-electron chi connectivity index (χ1n) is 13.5. The Morgan fingerprint density at radius 3 is 2.38 bits per heavy atom. The molecule has 37 heavy (non-hydrogen) atoms. The van der Waals surface area contributed by atoms with Crippen LogP contribution in [0.5, 0.6) is 0 Å². The van der Waals surface area contributed by atoms with E-state index in [-0.39, 0.29) is 23.1 Å². The van der Waals surface area contributed by atoms with Crippen LogP contribution >= 0.6 is 11.9 Å². The summed E-state index contributed by atoms with van der Waals surface area (Å²) < 4.78 is 22.5. The smallest absolute Gasteiger partial charge is 0.138 e. The highest BCUT2D eigenvalue weighted by molar-refractivity contribution is 7.97. The van der Waals surface area contributed by atoms with Crippen molar-refractivity contribution in [3.8, 4) is 0 Å². The standard InChI is InChI=1S/C24H37FN4OS.C5H11N/c1-23(2,3)28-14-17-19(11-10-18(25)22(17)31-28)26-21-13-20(27-29(21)24(4,5)6)15-8-9-16(12-15)30-7;1-4-6-5(2)3/h10-11,15-16,21,26H,8-9,12-14H2,1-7H3;4-6H,1H2,2-3H3. The quantitative estimate of drug-likeness (QED) is 0.385. The number of fused-ring (bicyclic) bond motifs is 1. The van der Waals surface area contributed by atoms with Crippen molar-refractivity contribution in [3.05, 3.63) is 36.3 Å². The largest absolute Gasteiger partial charge is 0.389 e. The fraction of sp³-hybridized carbons (Fsp3) is 0.690. The summed E-state index contributed by atoms with van der Waals surface area (Å²) in [6.07, 6.45) is 6.32. The molecule has 0 aromatic heterocycles. The maximum absolute atomic E-state index is 14.6. The summed E-state index contributed by atoms with van der Waals surface area (Å²) in [7, 11) is 1.81. The molecule has 2 heterocycles. The van der Waals surface area contributed by atoms with Crippen LogP contribution in [0.2, 0.25) is 0 Å². The van der Waals surface area contributed by atoms with Gasteiger partial charge in [-0.05, 0) is 105 Å². The van der Waals surface area contributed by atoms with Crippen LogP contribution in [-0.2, 0) is 11.3 Å². The second-order valence-electron chi connectivity index (χ2n) is 12.6. The van der Waals surface area contributed by atoms with Crippen molar-refractivity contribution in [2.24, 2.45) is 11.0 Å². The van der Waals surface area contributed by atoms with Crippen LogP contribution in [-0.4, -0.2) is 51.5 Å². The Morgan fingerprint density at radius 2 is 1.86 bits per heavy atom. The minimum absolute atomic E-state index is 0.0329. The average molecular weight is 534 g/mol. The molecule has 1 fully saturated rings. The highest BCUT2D eigenvalue weighted by Gasteiger charge is 2.40. The highest BCUT2D eigenvalue weighted by Crippen LogP contribution is 2.45. The fourth-order valence-corrected chi connectivity index (χ4v) is 6.16. The topological polar surface area (TPSA) is 52.1 Å². The summed E-state index contributed by atoms with van der Waals surface area (Å²) in [5.74, 6) is 0.359. The molecule has 1 aromatic rings. The first-order chi connectivity index (χ1) is 17.2. The molecular formula is C29H48FN5OS. The number of hydrogen-bond donors (Lipinski definition) is 2. The van der Waals surface area contributed by atoms with Gasteiger partial charge in [-0.15, -0.1) is 0 Å². The van der Waals surface area contributed by atoms with Gasteiger partial charge in [0, 0.05) is 54.5 Å². The number of anilines is 1. The van der Waals surface area contributed by atoms with Gasteiger partial charge in [-0.3, -0.25) is 5.01 Å². The number of nitrogens with zero attached hydrogens (tertiary/aromatic N) is 3. The number of rotatable bonds is 6. The van der Waals surface area contributed by atoms with Crippen LogP contribution in [0.25, 0.3) is 0 Å². The second kappa shape index (κ2) is 12.0. The summed E-state index contributed by atoms with van der Waals surface area (Å²) in [5.41, 5.74) is 3.22. The van der Waals surface area contributed by atoms with Gasteiger partial charge in [0.05, 0.1) is 16.5 Å². The van der Waals surface area contributed by atoms with Crippen LogP contribution in [0.1, 0.15) is 86.6 Å². The molecule has 3 atom stereocenters.